The Balaban J connectivity index is 0.986. The Morgan fingerprint density at radius 1 is 0.276 bits per heavy atom. The molecule has 0 N–H and O–H groups in total. The van der Waals surface area contributed by atoms with E-state index < -0.39 is 0 Å². The van der Waals surface area contributed by atoms with Crippen molar-refractivity contribution in [1.82, 2.24) is 0 Å². The molecule has 272 valence electrons. The lowest BCUT2D eigenvalue weighted by atomic mass is 9.97. The standard InChI is InChI=1S/C56H37NS/c1-3-12-42-35-47(24-22-38(42)10-1)45-15-7-14-44(34-45)40-26-30-49(31-27-40)57(51-17-8-16-46(37-51)48-25-23-39-11-2-4-13-43(39)36-48)50-32-28-41(29-33-50)52-19-9-21-55-56(52)53-18-5-6-20-54(53)58-55/h1-37H. The summed E-state index contributed by atoms with van der Waals surface area (Å²) in [6.07, 6.45) is 0. The van der Waals surface area contributed by atoms with Gasteiger partial charge in [-0.3, -0.25) is 0 Å². The van der Waals surface area contributed by atoms with E-state index in [1.165, 1.54) is 86.2 Å². The van der Waals surface area contributed by atoms with E-state index in [4.69, 9.17) is 0 Å². The Labute approximate surface area is 342 Å². The Morgan fingerprint density at radius 2 is 0.759 bits per heavy atom. The Hall–Kier alpha value is -7.26. The van der Waals surface area contributed by atoms with Crippen LogP contribution in [0, 0.1) is 0 Å². The van der Waals surface area contributed by atoms with Crippen LogP contribution in [0.2, 0.25) is 0 Å². The lowest BCUT2D eigenvalue weighted by Crippen LogP contribution is -2.10. The van der Waals surface area contributed by atoms with Gasteiger partial charge < -0.3 is 4.90 Å². The van der Waals surface area contributed by atoms with Gasteiger partial charge in [-0.25, -0.2) is 0 Å². The first kappa shape index (κ1) is 34.0. The van der Waals surface area contributed by atoms with E-state index in [-0.39, 0.29) is 0 Å². The highest BCUT2D eigenvalue weighted by atomic mass is 32.1. The van der Waals surface area contributed by atoms with Crippen LogP contribution >= 0.6 is 11.3 Å². The van der Waals surface area contributed by atoms with Gasteiger partial charge in [0.05, 0.1) is 0 Å². The molecule has 0 aliphatic rings. The number of nitrogens with zero attached hydrogens (tertiary/aromatic N) is 1. The summed E-state index contributed by atoms with van der Waals surface area (Å²) in [5, 5.41) is 7.65. The number of rotatable bonds is 7. The van der Waals surface area contributed by atoms with E-state index in [1.807, 2.05) is 11.3 Å². The predicted octanol–water partition coefficient (Wildman–Crippen LogP) is 16.5. The third-order valence-electron chi connectivity index (χ3n) is 11.4. The smallest absolute Gasteiger partial charge is 0.0467 e. The summed E-state index contributed by atoms with van der Waals surface area (Å²) in [5.74, 6) is 0. The number of hydrogen-bond donors (Lipinski definition) is 0. The van der Waals surface area contributed by atoms with E-state index in [2.05, 4.69) is 229 Å². The number of fused-ring (bicyclic) bond motifs is 5. The van der Waals surface area contributed by atoms with Crippen molar-refractivity contribution < 1.29 is 0 Å². The third-order valence-corrected chi connectivity index (χ3v) is 12.6. The Kier molecular flexibility index (Phi) is 8.42. The summed E-state index contributed by atoms with van der Waals surface area (Å²) in [6.45, 7) is 0. The predicted molar refractivity (Wildman–Crippen MR) is 251 cm³/mol. The molecule has 0 fully saturated rings. The van der Waals surface area contributed by atoms with Gasteiger partial charge >= 0.3 is 0 Å². The van der Waals surface area contributed by atoms with Gasteiger partial charge in [-0.1, -0.05) is 158 Å². The fourth-order valence-corrected chi connectivity index (χ4v) is 9.63. The molecule has 11 aromatic rings. The molecule has 0 saturated heterocycles. The van der Waals surface area contributed by atoms with Crippen molar-refractivity contribution in [2.24, 2.45) is 0 Å². The zero-order valence-corrected chi connectivity index (χ0v) is 32.5. The molecule has 1 heterocycles. The van der Waals surface area contributed by atoms with Crippen LogP contribution in [0.1, 0.15) is 0 Å². The second-order valence-corrected chi connectivity index (χ2v) is 16.0. The number of hydrogen-bond acceptors (Lipinski definition) is 2. The summed E-state index contributed by atoms with van der Waals surface area (Å²) >= 11 is 1.86. The van der Waals surface area contributed by atoms with Crippen LogP contribution in [0.15, 0.2) is 224 Å². The van der Waals surface area contributed by atoms with E-state index in [1.54, 1.807) is 0 Å². The lowest BCUT2D eigenvalue weighted by molar-refractivity contribution is 1.28. The first-order valence-electron chi connectivity index (χ1n) is 19.8. The lowest BCUT2D eigenvalue weighted by Gasteiger charge is -2.26. The Morgan fingerprint density at radius 3 is 1.43 bits per heavy atom. The molecule has 11 rings (SSSR count). The highest BCUT2D eigenvalue weighted by Gasteiger charge is 2.16. The van der Waals surface area contributed by atoms with Crippen molar-refractivity contribution in [3.8, 4) is 44.5 Å². The van der Waals surface area contributed by atoms with Crippen molar-refractivity contribution >= 4 is 70.1 Å². The zero-order chi connectivity index (χ0) is 38.4. The molecule has 0 amide bonds. The molecule has 0 atom stereocenters. The van der Waals surface area contributed by atoms with E-state index >= 15 is 0 Å². The molecule has 1 aromatic heterocycles. The van der Waals surface area contributed by atoms with Crippen LogP contribution in [0.5, 0.6) is 0 Å². The minimum atomic E-state index is 1.10. The van der Waals surface area contributed by atoms with Crippen molar-refractivity contribution in [3.05, 3.63) is 224 Å². The molecule has 0 aliphatic heterocycles. The second-order valence-electron chi connectivity index (χ2n) is 15.0. The highest BCUT2D eigenvalue weighted by molar-refractivity contribution is 7.25. The van der Waals surface area contributed by atoms with E-state index in [9.17, 15) is 0 Å². The van der Waals surface area contributed by atoms with Gasteiger partial charge in [-0.2, -0.15) is 0 Å². The average molecular weight is 756 g/mol. The van der Waals surface area contributed by atoms with Crippen molar-refractivity contribution in [1.29, 1.82) is 0 Å². The summed E-state index contributed by atoms with van der Waals surface area (Å²) < 4.78 is 2.64. The van der Waals surface area contributed by atoms with Crippen LogP contribution < -0.4 is 4.90 Å². The number of thiophene rings is 1. The SMILES string of the molecule is c1cc(-c2ccc(N(c3ccc(-c4cccc5sc6ccccc6c45)cc3)c3cccc(-c4ccc5ccccc5c4)c3)cc2)cc(-c2ccc3ccccc3c2)c1. The minimum absolute atomic E-state index is 1.10. The maximum absolute atomic E-state index is 2.38. The Bertz CT molecular complexity index is 3280. The number of benzene rings is 10. The van der Waals surface area contributed by atoms with Crippen molar-refractivity contribution in [2.45, 2.75) is 0 Å². The van der Waals surface area contributed by atoms with Gasteiger partial charge in [0, 0.05) is 37.2 Å². The van der Waals surface area contributed by atoms with Gasteiger partial charge in [0.2, 0.25) is 0 Å². The molecule has 2 heteroatoms. The van der Waals surface area contributed by atoms with Gasteiger partial charge in [0.1, 0.15) is 0 Å². The molecule has 0 bridgehead atoms. The molecule has 10 aromatic carbocycles. The largest absolute Gasteiger partial charge is 0.310 e. The molecule has 0 unspecified atom stereocenters. The third kappa shape index (κ3) is 6.21. The molecule has 58 heavy (non-hydrogen) atoms. The monoisotopic (exact) mass is 755 g/mol. The maximum Gasteiger partial charge on any atom is 0.0467 e. The van der Waals surface area contributed by atoms with Crippen molar-refractivity contribution in [3.63, 3.8) is 0 Å². The van der Waals surface area contributed by atoms with Crippen LogP contribution in [0.4, 0.5) is 17.1 Å². The topological polar surface area (TPSA) is 3.24 Å². The molecular formula is C56H37NS. The molecule has 0 radical (unpaired) electrons. The molecule has 0 spiro atoms. The zero-order valence-electron chi connectivity index (χ0n) is 31.7. The van der Waals surface area contributed by atoms with Crippen LogP contribution in [0.25, 0.3) is 86.2 Å². The fourth-order valence-electron chi connectivity index (χ4n) is 8.50. The average Bonchev–Trinajstić information content (AvgIpc) is 3.69. The normalized spacial score (nSPS) is 11.4. The summed E-state index contributed by atoms with van der Waals surface area (Å²) in [6, 6.07) is 82.0. The van der Waals surface area contributed by atoms with Gasteiger partial charge in [0.15, 0.2) is 0 Å². The first-order chi connectivity index (χ1) is 28.7. The summed E-state index contributed by atoms with van der Waals surface area (Å²) in [7, 11) is 0. The van der Waals surface area contributed by atoms with Gasteiger partial charge in [0.25, 0.3) is 0 Å². The maximum atomic E-state index is 2.38. The van der Waals surface area contributed by atoms with E-state index in [0.717, 1.165) is 17.1 Å². The minimum Gasteiger partial charge on any atom is -0.310 e. The van der Waals surface area contributed by atoms with Crippen LogP contribution in [0.3, 0.4) is 0 Å². The van der Waals surface area contributed by atoms with Crippen LogP contribution in [-0.2, 0) is 0 Å². The highest BCUT2D eigenvalue weighted by Crippen LogP contribution is 2.42. The molecular weight excluding hydrogens is 719 g/mol. The first-order valence-corrected chi connectivity index (χ1v) is 20.6. The molecule has 0 aliphatic carbocycles. The van der Waals surface area contributed by atoms with Crippen molar-refractivity contribution in [2.75, 3.05) is 4.90 Å². The summed E-state index contributed by atoms with van der Waals surface area (Å²) in [5.41, 5.74) is 13.0. The molecule has 0 saturated carbocycles. The quantitative estimate of drug-likeness (QED) is 0.157. The van der Waals surface area contributed by atoms with Gasteiger partial charge in [-0.05, 0) is 133 Å². The fraction of sp³-hybridized carbons (Fsp3) is 0. The molecule has 1 nitrogen and oxygen atoms in total. The van der Waals surface area contributed by atoms with Crippen LogP contribution in [-0.4, -0.2) is 0 Å². The summed E-state index contributed by atoms with van der Waals surface area (Å²) in [4.78, 5) is 2.38. The van der Waals surface area contributed by atoms with Gasteiger partial charge in [-0.15, -0.1) is 11.3 Å². The number of anilines is 3. The van der Waals surface area contributed by atoms with E-state index in [0.29, 0.717) is 0 Å². The second kappa shape index (κ2) is 14.4.